The quantitative estimate of drug-likeness (QED) is 0.570. The third-order valence-corrected chi connectivity index (χ3v) is 4.22. The molecule has 0 unspecified atom stereocenters. The first kappa shape index (κ1) is 14.7. The van der Waals surface area contributed by atoms with Crippen LogP contribution in [0.15, 0.2) is 77.9 Å². The van der Waals surface area contributed by atoms with E-state index in [-0.39, 0.29) is 5.56 Å². The third kappa shape index (κ3) is 2.51. The van der Waals surface area contributed by atoms with E-state index in [1.165, 1.54) is 0 Å². The average Bonchev–Trinajstić information content (AvgIpc) is 3.07. The third-order valence-electron chi connectivity index (χ3n) is 3.96. The number of imidazole rings is 1. The molecule has 2 aromatic heterocycles. The molecule has 2 heterocycles. The number of benzene rings is 2. The van der Waals surface area contributed by atoms with Gasteiger partial charge in [-0.1, -0.05) is 72.3 Å². The zero-order chi connectivity index (χ0) is 16.5. The van der Waals surface area contributed by atoms with E-state index in [0.717, 1.165) is 16.8 Å². The minimum absolute atomic E-state index is 0.162. The van der Waals surface area contributed by atoms with Gasteiger partial charge in [0, 0.05) is 11.8 Å². The van der Waals surface area contributed by atoms with Crippen LogP contribution in [0.5, 0.6) is 0 Å². The summed E-state index contributed by atoms with van der Waals surface area (Å²) in [6.07, 6.45) is 3.35. The Morgan fingerprint density at radius 3 is 2.33 bits per heavy atom. The Balaban J connectivity index is 1.87. The van der Waals surface area contributed by atoms with Gasteiger partial charge >= 0.3 is 0 Å². The molecule has 0 saturated carbocycles. The lowest BCUT2D eigenvalue weighted by Gasteiger charge is -2.09. The topological polar surface area (TPSA) is 39.3 Å². The molecule has 0 N–H and O–H groups in total. The van der Waals surface area contributed by atoms with E-state index < -0.39 is 0 Å². The van der Waals surface area contributed by atoms with Crippen molar-refractivity contribution in [3.8, 4) is 11.3 Å². The smallest absolute Gasteiger partial charge is 0.294 e. The molecule has 0 spiro atoms. The molecule has 5 heteroatoms. The van der Waals surface area contributed by atoms with Crippen molar-refractivity contribution in [2.45, 2.75) is 6.54 Å². The molecule has 0 saturated heterocycles. The molecule has 118 valence electrons. The van der Waals surface area contributed by atoms with Gasteiger partial charge in [0.1, 0.15) is 5.15 Å². The maximum Gasteiger partial charge on any atom is 0.294 e. The van der Waals surface area contributed by atoms with E-state index >= 15 is 0 Å². The van der Waals surface area contributed by atoms with Gasteiger partial charge in [-0.25, -0.2) is 4.98 Å². The maximum absolute atomic E-state index is 12.8. The maximum atomic E-state index is 12.8. The van der Waals surface area contributed by atoms with Gasteiger partial charge in [0.2, 0.25) is 5.65 Å². The lowest BCUT2D eigenvalue weighted by atomic mass is 10.2. The van der Waals surface area contributed by atoms with E-state index in [0.29, 0.717) is 17.3 Å². The van der Waals surface area contributed by atoms with Crippen molar-refractivity contribution in [3.05, 3.63) is 94.1 Å². The number of fused-ring (bicyclic) bond motifs is 1. The number of nitrogens with zero attached hydrogens (tertiary/aromatic N) is 3. The molecule has 4 rings (SSSR count). The molecule has 0 aliphatic rings. The van der Waals surface area contributed by atoms with Crippen LogP contribution < -0.4 is 5.56 Å². The predicted octanol–water partition coefficient (Wildman–Crippen LogP) is 3.86. The number of hydrogen-bond donors (Lipinski definition) is 0. The highest BCUT2D eigenvalue weighted by Crippen LogP contribution is 2.23. The molecule has 0 amide bonds. The van der Waals surface area contributed by atoms with Crippen molar-refractivity contribution in [3.63, 3.8) is 0 Å². The van der Waals surface area contributed by atoms with Crippen molar-refractivity contribution < 1.29 is 0 Å². The van der Waals surface area contributed by atoms with Gasteiger partial charge in [-0.05, 0) is 5.56 Å². The Kier molecular flexibility index (Phi) is 3.67. The van der Waals surface area contributed by atoms with Gasteiger partial charge in [-0.15, -0.1) is 0 Å². The molecule has 4 nitrogen and oxygen atoms in total. The van der Waals surface area contributed by atoms with Crippen molar-refractivity contribution in [2.75, 3.05) is 0 Å². The Morgan fingerprint density at radius 1 is 0.958 bits per heavy atom. The van der Waals surface area contributed by atoms with E-state index in [1.54, 1.807) is 21.4 Å². The Labute approximate surface area is 143 Å². The highest BCUT2D eigenvalue weighted by molar-refractivity contribution is 6.29. The summed E-state index contributed by atoms with van der Waals surface area (Å²) in [5.74, 6) is 0. The van der Waals surface area contributed by atoms with Crippen LogP contribution in [0.1, 0.15) is 5.56 Å². The number of rotatable bonds is 3. The minimum Gasteiger partial charge on any atom is -0.305 e. The summed E-state index contributed by atoms with van der Waals surface area (Å²) < 4.78 is 3.29. The van der Waals surface area contributed by atoms with Crippen molar-refractivity contribution in [1.82, 2.24) is 14.0 Å². The summed E-state index contributed by atoms with van der Waals surface area (Å²) in [5.41, 5.74) is 2.98. The normalized spacial score (nSPS) is 11.0. The largest absolute Gasteiger partial charge is 0.305 e. The van der Waals surface area contributed by atoms with Gasteiger partial charge in [0.25, 0.3) is 5.56 Å². The van der Waals surface area contributed by atoms with Gasteiger partial charge in [0.05, 0.1) is 18.4 Å². The van der Waals surface area contributed by atoms with E-state index in [4.69, 9.17) is 11.6 Å². The first-order chi connectivity index (χ1) is 11.7. The molecule has 2 aromatic carbocycles. The molecule has 24 heavy (non-hydrogen) atoms. The zero-order valence-electron chi connectivity index (χ0n) is 12.8. The first-order valence-corrected chi connectivity index (χ1v) is 7.97. The summed E-state index contributed by atoms with van der Waals surface area (Å²) in [6, 6.07) is 19.6. The molecule has 0 bridgehead atoms. The van der Waals surface area contributed by atoms with E-state index in [1.807, 2.05) is 60.7 Å². The van der Waals surface area contributed by atoms with Crippen LogP contribution in [0.25, 0.3) is 16.9 Å². The fraction of sp³-hybridized carbons (Fsp3) is 0.0526. The highest BCUT2D eigenvalue weighted by atomic mass is 35.5. The number of hydrogen-bond acceptors (Lipinski definition) is 2. The molecular formula is C19H14ClN3O. The summed E-state index contributed by atoms with van der Waals surface area (Å²) in [5, 5.41) is 0.455. The summed E-state index contributed by atoms with van der Waals surface area (Å²) in [6.45, 7) is 0.462. The van der Waals surface area contributed by atoms with Crippen LogP contribution >= 0.6 is 11.6 Å². The SMILES string of the molecule is O=c1c2ncc(-c3ccccc3)n2c(Cl)cn1Cc1ccccc1. The standard InChI is InChI=1S/C19H14ClN3O/c20-17-13-22(12-14-7-3-1-4-8-14)19(24)18-21-11-16(23(17)18)15-9-5-2-6-10-15/h1-11,13H,12H2. The highest BCUT2D eigenvalue weighted by Gasteiger charge is 2.14. The lowest BCUT2D eigenvalue weighted by Crippen LogP contribution is -2.23. The summed E-state index contributed by atoms with van der Waals surface area (Å²) >= 11 is 6.46. The van der Waals surface area contributed by atoms with Gasteiger partial charge in [-0.2, -0.15) is 0 Å². The Bertz CT molecular complexity index is 1050. The molecule has 4 aromatic rings. The van der Waals surface area contributed by atoms with Gasteiger partial charge < -0.3 is 4.57 Å². The first-order valence-electron chi connectivity index (χ1n) is 7.60. The van der Waals surface area contributed by atoms with Gasteiger partial charge in [-0.3, -0.25) is 9.20 Å². The monoisotopic (exact) mass is 335 g/mol. The molecule has 0 fully saturated rings. The van der Waals surface area contributed by atoms with Crippen molar-refractivity contribution >= 4 is 17.2 Å². The van der Waals surface area contributed by atoms with Crippen LogP contribution in [0, 0.1) is 0 Å². The van der Waals surface area contributed by atoms with Crippen molar-refractivity contribution in [2.24, 2.45) is 0 Å². The van der Waals surface area contributed by atoms with Crippen LogP contribution in [0.4, 0.5) is 0 Å². The summed E-state index contributed by atoms with van der Waals surface area (Å²) in [4.78, 5) is 17.1. The molecular weight excluding hydrogens is 322 g/mol. The second-order valence-corrected chi connectivity index (χ2v) is 5.93. The average molecular weight is 336 g/mol. The fourth-order valence-electron chi connectivity index (χ4n) is 2.80. The van der Waals surface area contributed by atoms with Crippen molar-refractivity contribution in [1.29, 1.82) is 0 Å². The zero-order valence-corrected chi connectivity index (χ0v) is 13.5. The van der Waals surface area contributed by atoms with E-state index in [2.05, 4.69) is 4.98 Å². The van der Waals surface area contributed by atoms with Crippen LogP contribution in [-0.2, 0) is 6.54 Å². The minimum atomic E-state index is -0.162. The Hall–Kier alpha value is -2.85. The number of halogens is 1. The van der Waals surface area contributed by atoms with Crippen LogP contribution in [-0.4, -0.2) is 14.0 Å². The molecule has 0 radical (unpaired) electrons. The van der Waals surface area contributed by atoms with Crippen LogP contribution in [0.2, 0.25) is 5.15 Å². The Morgan fingerprint density at radius 2 is 1.62 bits per heavy atom. The number of aromatic nitrogens is 3. The second kappa shape index (κ2) is 5.98. The predicted molar refractivity (Wildman–Crippen MR) is 95.4 cm³/mol. The summed E-state index contributed by atoms with van der Waals surface area (Å²) in [7, 11) is 0. The second-order valence-electron chi connectivity index (χ2n) is 5.54. The van der Waals surface area contributed by atoms with Gasteiger partial charge in [0.15, 0.2) is 0 Å². The van der Waals surface area contributed by atoms with Crippen LogP contribution in [0.3, 0.4) is 0 Å². The molecule has 0 atom stereocenters. The molecule has 0 aliphatic heterocycles. The lowest BCUT2D eigenvalue weighted by molar-refractivity contribution is 0.751. The van der Waals surface area contributed by atoms with E-state index in [9.17, 15) is 4.79 Å². The fourth-order valence-corrected chi connectivity index (χ4v) is 3.09. The molecule has 0 aliphatic carbocycles.